The van der Waals surface area contributed by atoms with Crippen LogP contribution in [0.3, 0.4) is 0 Å². The number of aliphatic hydroxyl groups is 1. The van der Waals surface area contributed by atoms with Crippen LogP contribution in [0.1, 0.15) is 11.7 Å². The van der Waals surface area contributed by atoms with E-state index < -0.39 is 21.1 Å². The maximum atomic E-state index is 12.1. The van der Waals surface area contributed by atoms with Gasteiger partial charge in [-0.2, -0.15) is 0 Å². The third-order valence-electron chi connectivity index (χ3n) is 3.06. The maximum absolute atomic E-state index is 12.1. The van der Waals surface area contributed by atoms with Crippen LogP contribution in [-0.4, -0.2) is 25.0 Å². The number of aliphatic hydroxyl groups excluding tert-OH is 1. The lowest BCUT2D eigenvalue weighted by Crippen LogP contribution is -2.28. The third-order valence-corrected chi connectivity index (χ3v) is 4.73. The van der Waals surface area contributed by atoms with Crippen molar-refractivity contribution in [3.8, 4) is 0 Å². The van der Waals surface area contributed by atoms with Gasteiger partial charge in [-0.3, -0.25) is 10.1 Å². The van der Waals surface area contributed by atoms with Crippen molar-refractivity contribution in [1.82, 2.24) is 4.72 Å². The molecule has 2 aromatic carbocycles. The average molecular weight is 357 g/mol. The van der Waals surface area contributed by atoms with Crippen molar-refractivity contribution in [1.29, 1.82) is 0 Å². The van der Waals surface area contributed by atoms with Crippen LogP contribution < -0.4 is 4.72 Å². The molecule has 0 amide bonds. The SMILES string of the molecule is O=[N+]([O-])c1cccc(S(=O)(=O)NCC(O)c2ccc(Cl)cc2)c1. The van der Waals surface area contributed by atoms with Crippen LogP contribution in [0.25, 0.3) is 0 Å². The molecule has 0 aliphatic rings. The predicted molar refractivity (Wildman–Crippen MR) is 84.7 cm³/mol. The molecule has 0 bridgehead atoms. The molecule has 1 atom stereocenters. The first-order valence-electron chi connectivity index (χ1n) is 6.47. The molecule has 0 saturated carbocycles. The van der Waals surface area contributed by atoms with E-state index >= 15 is 0 Å². The minimum atomic E-state index is -3.97. The number of hydrogen-bond donors (Lipinski definition) is 2. The lowest BCUT2D eigenvalue weighted by atomic mass is 10.1. The van der Waals surface area contributed by atoms with Crippen molar-refractivity contribution in [2.24, 2.45) is 0 Å². The predicted octanol–water partition coefficient (Wildman–Crippen LogP) is 2.26. The third kappa shape index (κ3) is 4.49. The second-order valence-corrected chi connectivity index (χ2v) is 6.88. The highest BCUT2D eigenvalue weighted by Gasteiger charge is 2.19. The molecule has 2 aromatic rings. The molecular formula is C14H13ClN2O5S. The molecule has 0 radical (unpaired) electrons. The number of benzene rings is 2. The van der Waals surface area contributed by atoms with Crippen molar-refractivity contribution < 1.29 is 18.4 Å². The van der Waals surface area contributed by atoms with Gasteiger partial charge in [0.25, 0.3) is 5.69 Å². The number of nitrogens with zero attached hydrogens (tertiary/aromatic N) is 1. The molecule has 0 heterocycles. The first-order valence-corrected chi connectivity index (χ1v) is 8.33. The standard InChI is InChI=1S/C14H13ClN2O5S/c15-11-6-4-10(5-7-11)14(18)9-16-23(21,22)13-3-1-2-12(8-13)17(19)20/h1-8,14,16,18H,9H2. The van der Waals surface area contributed by atoms with Gasteiger partial charge in [-0.15, -0.1) is 0 Å². The molecular weight excluding hydrogens is 344 g/mol. The van der Waals surface area contributed by atoms with Gasteiger partial charge in [0.05, 0.1) is 15.9 Å². The van der Waals surface area contributed by atoms with Crippen molar-refractivity contribution in [2.75, 3.05) is 6.54 Å². The van der Waals surface area contributed by atoms with Gasteiger partial charge in [0.1, 0.15) is 0 Å². The molecule has 1 unspecified atom stereocenters. The van der Waals surface area contributed by atoms with Crippen LogP contribution in [0.5, 0.6) is 0 Å². The monoisotopic (exact) mass is 356 g/mol. The number of non-ortho nitro benzene ring substituents is 1. The van der Waals surface area contributed by atoms with Crippen LogP contribution in [-0.2, 0) is 10.0 Å². The van der Waals surface area contributed by atoms with E-state index in [1.54, 1.807) is 24.3 Å². The summed E-state index contributed by atoms with van der Waals surface area (Å²) in [7, 11) is -3.97. The van der Waals surface area contributed by atoms with Gasteiger partial charge in [-0.1, -0.05) is 29.8 Å². The zero-order valence-electron chi connectivity index (χ0n) is 11.7. The first kappa shape index (κ1) is 17.4. The minimum absolute atomic E-state index is 0.241. The van der Waals surface area contributed by atoms with E-state index in [9.17, 15) is 23.6 Å². The smallest absolute Gasteiger partial charge is 0.270 e. The normalized spacial score (nSPS) is 12.8. The summed E-state index contributed by atoms with van der Waals surface area (Å²) in [4.78, 5) is 9.78. The molecule has 23 heavy (non-hydrogen) atoms. The molecule has 0 fully saturated rings. The summed E-state index contributed by atoms with van der Waals surface area (Å²) in [5.41, 5.74) is 0.169. The average Bonchev–Trinajstić information content (AvgIpc) is 2.53. The fraction of sp³-hybridized carbons (Fsp3) is 0.143. The number of rotatable bonds is 6. The Balaban J connectivity index is 2.11. The number of sulfonamides is 1. The second-order valence-electron chi connectivity index (χ2n) is 4.67. The van der Waals surface area contributed by atoms with E-state index in [1.807, 2.05) is 0 Å². The Morgan fingerprint density at radius 1 is 1.22 bits per heavy atom. The quantitative estimate of drug-likeness (QED) is 0.609. The Kier molecular flexibility index (Phi) is 5.32. The summed E-state index contributed by atoms with van der Waals surface area (Å²) >= 11 is 5.74. The summed E-state index contributed by atoms with van der Waals surface area (Å²) in [5, 5.41) is 21.2. The van der Waals surface area contributed by atoms with Gasteiger partial charge in [-0.05, 0) is 23.8 Å². The van der Waals surface area contributed by atoms with Crippen LogP contribution in [0.15, 0.2) is 53.4 Å². The van der Waals surface area contributed by atoms with E-state index in [0.29, 0.717) is 10.6 Å². The molecule has 0 aliphatic heterocycles. The first-order chi connectivity index (χ1) is 10.8. The molecule has 2 rings (SSSR count). The molecule has 0 aromatic heterocycles. The summed E-state index contributed by atoms with van der Waals surface area (Å²) in [6.07, 6.45) is -1.07. The number of halogens is 1. The van der Waals surface area contributed by atoms with Crippen LogP contribution in [0.2, 0.25) is 5.02 Å². The van der Waals surface area contributed by atoms with Crippen LogP contribution in [0.4, 0.5) is 5.69 Å². The number of nitrogens with one attached hydrogen (secondary N) is 1. The fourth-order valence-corrected chi connectivity index (χ4v) is 3.04. The van der Waals surface area contributed by atoms with E-state index in [2.05, 4.69) is 4.72 Å². The number of hydrogen-bond acceptors (Lipinski definition) is 5. The van der Waals surface area contributed by atoms with Gasteiger partial charge in [0.15, 0.2) is 0 Å². The minimum Gasteiger partial charge on any atom is -0.387 e. The zero-order chi connectivity index (χ0) is 17.0. The largest absolute Gasteiger partial charge is 0.387 e. The maximum Gasteiger partial charge on any atom is 0.270 e. The summed E-state index contributed by atoms with van der Waals surface area (Å²) in [6, 6.07) is 11.0. The number of nitro groups is 1. The highest BCUT2D eigenvalue weighted by atomic mass is 35.5. The Labute approximate surface area is 137 Å². The highest BCUT2D eigenvalue weighted by molar-refractivity contribution is 7.89. The van der Waals surface area contributed by atoms with Gasteiger partial charge >= 0.3 is 0 Å². The fourth-order valence-electron chi connectivity index (χ4n) is 1.84. The second kappa shape index (κ2) is 7.05. The summed E-state index contributed by atoms with van der Waals surface area (Å²) < 4.78 is 26.5. The van der Waals surface area contributed by atoms with Gasteiger partial charge < -0.3 is 5.11 Å². The lowest BCUT2D eigenvalue weighted by Gasteiger charge is -2.12. The summed E-state index contributed by atoms with van der Waals surface area (Å²) in [5.74, 6) is 0. The Hall–Kier alpha value is -2.00. The molecule has 122 valence electrons. The van der Waals surface area contributed by atoms with Crippen molar-refractivity contribution in [2.45, 2.75) is 11.0 Å². The van der Waals surface area contributed by atoms with Crippen LogP contribution >= 0.6 is 11.6 Å². The Morgan fingerprint density at radius 2 is 1.87 bits per heavy atom. The molecule has 0 saturated heterocycles. The van der Waals surface area contributed by atoms with Crippen molar-refractivity contribution in [3.05, 3.63) is 69.2 Å². The van der Waals surface area contributed by atoms with Crippen molar-refractivity contribution >= 4 is 27.3 Å². The van der Waals surface area contributed by atoms with E-state index in [-0.39, 0.29) is 17.1 Å². The molecule has 9 heteroatoms. The molecule has 7 nitrogen and oxygen atoms in total. The van der Waals surface area contributed by atoms with E-state index in [1.165, 1.54) is 18.2 Å². The van der Waals surface area contributed by atoms with Gasteiger partial charge in [0, 0.05) is 23.7 Å². The van der Waals surface area contributed by atoms with Crippen LogP contribution in [0, 0.1) is 10.1 Å². The van der Waals surface area contributed by atoms with Gasteiger partial charge in [0.2, 0.25) is 10.0 Å². The summed E-state index contributed by atoms with van der Waals surface area (Å²) in [6.45, 7) is -0.271. The highest BCUT2D eigenvalue weighted by Crippen LogP contribution is 2.19. The van der Waals surface area contributed by atoms with Gasteiger partial charge in [-0.25, -0.2) is 13.1 Å². The zero-order valence-corrected chi connectivity index (χ0v) is 13.3. The Morgan fingerprint density at radius 3 is 2.48 bits per heavy atom. The van der Waals surface area contributed by atoms with Crippen molar-refractivity contribution in [3.63, 3.8) is 0 Å². The Bertz CT molecular complexity index is 808. The molecule has 2 N–H and O–H groups in total. The van der Waals surface area contributed by atoms with E-state index in [4.69, 9.17) is 11.6 Å². The van der Waals surface area contributed by atoms with E-state index in [0.717, 1.165) is 6.07 Å². The molecule has 0 aliphatic carbocycles. The molecule has 0 spiro atoms. The lowest BCUT2D eigenvalue weighted by molar-refractivity contribution is -0.385. The number of nitro benzene ring substituents is 1. The topological polar surface area (TPSA) is 110 Å².